The fourth-order valence-corrected chi connectivity index (χ4v) is 6.74. The molecule has 0 aliphatic heterocycles. The largest absolute Gasteiger partial charge is 0.492 e. The van der Waals surface area contributed by atoms with E-state index in [1.165, 1.54) is 36.2 Å². The molecule has 0 saturated carbocycles. The van der Waals surface area contributed by atoms with Gasteiger partial charge in [0.1, 0.15) is 18.3 Å². The first-order chi connectivity index (χ1) is 21.1. The molecular formula is C33H33BrClN3O5S. The number of carbonyl (C=O) groups is 2. The number of likely N-dealkylation sites (N-methyl/N-ethyl adjacent to an activating group) is 1. The van der Waals surface area contributed by atoms with Crippen LogP contribution in [0.4, 0.5) is 5.69 Å². The summed E-state index contributed by atoms with van der Waals surface area (Å²) in [4.78, 5) is 29.2. The molecular weight excluding hydrogens is 666 g/mol. The van der Waals surface area contributed by atoms with Crippen LogP contribution in [0.15, 0.2) is 112 Å². The number of hydrogen-bond acceptors (Lipinski definition) is 5. The van der Waals surface area contributed by atoms with Gasteiger partial charge in [-0.15, -0.1) is 0 Å². The van der Waals surface area contributed by atoms with Crippen molar-refractivity contribution in [2.75, 3.05) is 24.5 Å². The average Bonchev–Trinajstić information content (AvgIpc) is 3.02. The Bertz CT molecular complexity index is 1690. The van der Waals surface area contributed by atoms with Crippen LogP contribution < -0.4 is 14.4 Å². The second-order valence-corrected chi connectivity index (χ2v) is 13.1. The molecule has 0 aliphatic rings. The van der Waals surface area contributed by atoms with E-state index in [-0.39, 0.29) is 36.1 Å². The Hall–Kier alpha value is -3.86. The minimum atomic E-state index is -4.29. The van der Waals surface area contributed by atoms with Crippen LogP contribution in [-0.2, 0) is 32.6 Å². The molecule has 11 heteroatoms. The van der Waals surface area contributed by atoms with Gasteiger partial charge in [-0.2, -0.15) is 0 Å². The predicted octanol–water partition coefficient (Wildman–Crippen LogP) is 6.08. The summed E-state index contributed by atoms with van der Waals surface area (Å²) in [6.45, 7) is 1.54. The van der Waals surface area contributed by atoms with Crippen LogP contribution in [0, 0.1) is 0 Å². The van der Waals surface area contributed by atoms with Crippen molar-refractivity contribution in [1.29, 1.82) is 0 Å². The number of benzene rings is 4. The van der Waals surface area contributed by atoms with Crippen molar-refractivity contribution in [3.05, 3.63) is 124 Å². The number of nitrogens with zero attached hydrogens (tertiary/aromatic N) is 2. The summed E-state index contributed by atoms with van der Waals surface area (Å²) < 4.78 is 36.0. The van der Waals surface area contributed by atoms with Crippen LogP contribution in [0.25, 0.3) is 0 Å². The van der Waals surface area contributed by atoms with Crippen molar-refractivity contribution in [2.24, 2.45) is 0 Å². The first kappa shape index (κ1) is 33.0. The van der Waals surface area contributed by atoms with Crippen molar-refractivity contribution in [2.45, 2.75) is 30.8 Å². The lowest BCUT2D eigenvalue weighted by molar-refractivity contribution is -0.139. The minimum absolute atomic E-state index is 0.0494. The molecule has 0 saturated heterocycles. The second kappa shape index (κ2) is 15.2. The van der Waals surface area contributed by atoms with Crippen molar-refractivity contribution in [1.82, 2.24) is 10.2 Å². The number of ether oxygens (including phenoxy) is 1. The average molecular weight is 699 g/mol. The maximum atomic E-state index is 14.4. The van der Waals surface area contributed by atoms with E-state index < -0.39 is 28.5 Å². The summed E-state index contributed by atoms with van der Waals surface area (Å²) in [5, 5.41) is 3.05. The van der Waals surface area contributed by atoms with Crippen LogP contribution in [0.5, 0.6) is 5.75 Å². The molecule has 0 radical (unpaired) electrons. The van der Waals surface area contributed by atoms with Crippen molar-refractivity contribution < 1.29 is 22.7 Å². The normalized spacial score (nSPS) is 11.8. The van der Waals surface area contributed by atoms with Crippen LogP contribution in [0.1, 0.15) is 18.1 Å². The number of anilines is 1. The zero-order chi connectivity index (χ0) is 31.7. The molecule has 0 aromatic heterocycles. The Labute approximate surface area is 271 Å². The van der Waals surface area contributed by atoms with Gasteiger partial charge in [-0.3, -0.25) is 13.9 Å². The van der Waals surface area contributed by atoms with Gasteiger partial charge in [0.25, 0.3) is 10.0 Å². The lowest BCUT2D eigenvalue weighted by atomic mass is 10.0. The maximum Gasteiger partial charge on any atom is 0.264 e. The Balaban J connectivity index is 1.82. The summed E-state index contributed by atoms with van der Waals surface area (Å²) in [6, 6.07) is 28.2. The standard InChI is InChI=1S/C33H33BrClN3O5S/c1-3-43-31-15-8-7-14-29(31)38(44(41,42)28-18-16-27(35)17-19-28)23-32(39)37(22-25-12-9-13-26(34)20-25)30(33(40)36-2)21-24-10-5-4-6-11-24/h4-20,30H,3,21-23H2,1-2H3,(H,36,40). The van der Waals surface area contributed by atoms with E-state index in [1.807, 2.05) is 54.6 Å². The van der Waals surface area contributed by atoms with E-state index >= 15 is 0 Å². The van der Waals surface area contributed by atoms with Crippen molar-refractivity contribution >= 4 is 55.1 Å². The predicted molar refractivity (Wildman–Crippen MR) is 176 cm³/mol. The highest BCUT2D eigenvalue weighted by atomic mass is 79.9. The van der Waals surface area contributed by atoms with Gasteiger partial charge in [-0.05, 0) is 66.6 Å². The minimum Gasteiger partial charge on any atom is -0.492 e. The van der Waals surface area contributed by atoms with Gasteiger partial charge in [0.05, 0.1) is 17.2 Å². The lowest BCUT2D eigenvalue weighted by Crippen LogP contribution is -2.53. The molecule has 1 atom stereocenters. The maximum absolute atomic E-state index is 14.4. The molecule has 0 spiro atoms. The molecule has 0 fully saturated rings. The van der Waals surface area contributed by atoms with E-state index in [0.717, 1.165) is 19.9 Å². The summed E-state index contributed by atoms with van der Waals surface area (Å²) in [5.74, 6) is -0.650. The Morgan fingerprint density at radius 2 is 1.57 bits per heavy atom. The zero-order valence-electron chi connectivity index (χ0n) is 24.3. The molecule has 8 nitrogen and oxygen atoms in total. The summed E-state index contributed by atoms with van der Waals surface area (Å²) in [7, 11) is -2.78. The SMILES string of the molecule is CCOc1ccccc1N(CC(=O)N(Cc1cccc(Br)c1)C(Cc1ccccc1)C(=O)NC)S(=O)(=O)c1ccc(Cl)cc1. The van der Waals surface area contributed by atoms with Crippen molar-refractivity contribution in [3.63, 3.8) is 0 Å². The van der Waals surface area contributed by atoms with E-state index in [1.54, 1.807) is 31.2 Å². The van der Waals surface area contributed by atoms with Crippen molar-refractivity contribution in [3.8, 4) is 5.75 Å². The highest BCUT2D eigenvalue weighted by Gasteiger charge is 2.35. The summed E-state index contributed by atoms with van der Waals surface area (Å²) in [6.07, 6.45) is 0.222. The third-order valence-electron chi connectivity index (χ3n) is 6.87. The van der Waals surface area contributed by atoms with Gasteiger partial charge in [-0.1, -0.05) is 82.1 Å². The Kier molecular flexibility index (Phi) is 11.4. The van der Waals surface area contributed by atoms with Gasteiger partial charge in [0.2, 0.25) is 11.8 Å². The molecule has 1 unspecified atom stereocenters. The molecule has 44 heavy (non-hydrogen) atoms. The van der Waals surface area contributed by atoms with E-state index in [0.29, 0.717) is 10.8 Å². The Morgan fingerprint density at radius 1 is 0.909 bits per heavy atom. The molecule has 230 valence electrons. The fourth-order valence-electron chi connectivity index (χ4n) is 4.74. The number of carbonyl (C=O) groups excluding carboxylic acids is 2. The number of hydrogen-bond donors (Lipinski definition) is 1. The number of halogens is 2. The number of amides is 2. The highest BCUT2D eigenvalue weighted by Crippen LogP contribution is 2.33. The summed E-state index contributed by atoms with van der Waals surface area (Å²) >= 11 is 9.53. The summed E-state index contributed by atoms with van der Waals surface area (Å²) in [5.41, 5.74) is 1.80. The molecule has 2 amide bonds. The number of nitrogens with one attached hydrogen (secondary N) is 1. The highest BCUT2D eigenvalue weighted by molar-refractivity contribution is 9.10. The van der Waals surface area contributed by atoms with Crippen LogP contribution in [-0.4, -0.2) is 51.4 Å². The van der Waals surface area contributed by atoms with Crippen LogP contribution in [0.2, 0.25) is 5.02 Å². The third-order valence-corrected chi connectivity index (χ3v) is 9.39. The van der Waals surface area contributed by atoms with Gasteiger partial charge in [0, 0.05) is 29.5 Å². The Morgan fingerprint density at radius 3 is 2.23 bits per heavy atom. The zero-order valence-corrected chi connectivity index (χ0v) is 27.5. The molecule has 4 aromatic rings. The first-order valence-corrected chi connectivity index (χ1v) is 16.5. The topological polar surface area (TPSA) is 96.0 Å². The molecule has 0 bridgehead atoms. The van der Waals surface area contributed by atoms with Gasteiger partial charge >= 0.3 is 0 Å². The lowest BCUT2D eigenvalue weighted by Gasteiger charge is -2.34. The van der Waals surface area contributed by atoms with E-state index in [9.17, 15) is 18.0 Å². The van der Waals surface area contributed by atoms with Crippen LogP contribution in [0.3, 0.4) is 0 Å². The molecule has 0 heterocycles. The fraction of sp³-hybridized carbons (Fsp3) is 0.212. The van der Waals surface area contributed by atoms with Gasteiger partial charge in [0.15, 0.2) is 0 Å². The molecule has 4 rings (SSSR count). The molecule has 1 N–H and O–H groups in total. The monoisotopic (exact) mass is 697 g/mol. The third kappa shape index (κ3) is 8.19. The van der Waals surface area contributed by atoms with E-state index in [4.69, 9.17) is 16.3 Å². The van der Waals surface area contributed by atoms with Crippen LogP contribution >= 0.6 is 27.5 Å². The molecule has 0 aliphatic carbocycles. The van der Waals surface area contributed by atoms with Gasteiger partial charge < -0.3 is 15.0 Å². The number of para-hydroxylation sites is 2. The molecule has 4 aromatic carbocycles. The van der Waals surface area contributed by atoms with Gasteiger partial charge in [-0.25, -0.2) is 8.42 Å². The number of sulfonamides is 1. The first-order valence-electron chi connectivity index (χ1n) is 13.9. The second-order valence-electron chi connectivity index (χ2n) is 9.84. The van der Waals surface area contributed by atoms with E-state index in [2.05, 4.69) is 21.2 Å². The smallest absolute Gasteiger partial charge is 0.264 e. The quantitative estimate of drug-likeness (QED) is 0.183. The number of rotatable bonds is 13.